The largest absolute Gasteiger partial charge is 0.337 e. The second-order valence-electron chi connectivity index (χ2n) is 15.0. The molecule has 8 aromatic carbocycles. The SMILES string of the molecule is C=C/C=C(\C=C/Cn1c2ccccc2c2ccccc21)N(c1ccc(-c2ccccc2)cc1)c1ccc(-c2ccc3c(c2)c2cccc4c5ccccc5n3c42)cc1. The molecule has 3 heteroatoms. The summed E-state index contributed by atoms with van der Waals surface area (Å²) in [5.41, 5.74) is 14.2. The molecule has 0 radical (unpaired) electrons. The number of nitrogens with zero attached hydrogens (tertiary/aromatic N) is 3. The first kappa shape index (κ1) is 33.7. The van der Waals surface area contributed by atoms with Crippen molar-refractivity contribution in [2.45, 2.75) is 6.54 Å². The van der Waals surface area contributed by atoms with Gasteiger partial charge in [0.2, 0.25) is 0 Å². The molecule has 58 heavy (non-hydrogen) atoms. The maximum Gasteiger partial charge on any atom is 0.0620 e. The summed E-state index contributed by atoms with van der Waals surface area (Å²) in [5, 5.41) is 7.72. The molecule has 0 spiro atoms. The molecule has 0 aliphatic carbocycles. The molecule has 11 rings (SSSR count). The standard InChI is InChI=1S/C55H39N3/c1-2-14-42(17-13-36-56-51-23-9-6-18-45(51)46-19-7-10-24-52(46)56)57(43-31-26-39(27-32-43)38-15-4-3-5-16-38)44-33-28-40(29-34-44)41-30-35-54-50(37-41)49-22-12-21-48-47-20-8-11-25-53(47)58(54)55(48)49/h2-35,37H,1,36H2/b17-13-,42-14+. The minimum absolute atomic E-state index is 0.730. The van der Waals surface area contributed by atoms with Gasteiger partial charge in [0.25, 0.3) is 0 Å². The zero-order valence-electron chi connectivity index (χ0n) is 32.0. The van der Waals surface area contributed by atoms with Gasteiger partial charge in [-0.1, -0.05) is 152 Å². The van der Waals surface area contributed by atoms with Crippen LogP contribution in [0.15, 0.2) is 225 Å². The molecule has 3 heterocycles. The molecule has 3 nitrogen and oxygen atoms in total. The fraction of sp³-hybridized carbons (Fsp3) is 0.0182. The first-order chi connectivity index (χ1) is 28.7. The van der Waals surface area contributed by atoms with Crippen molar-refractivity contribution >= 4 is 71.3 Å². The van der Waals surface area contributed by atoms with Crippen molar-refractivity contribution in [1.29, 1.82) is 0 Å². The molecule has 0 fully saturated rings. The third kappa shape index (κ3) is 5.43. The van der Waals surface area contributed by atoms with Crippen LogP contribution in [0.25, 0.3) is 82.2 Å². The van der Waals surface area contributed by atoms with Crippen molar-refractivity contribution in [3.63, 3.8) is 0 Å². The molecule has 0 N–H and O–H groups in total. The highest BCUT2D eigenvalue weighted by molar-refractivity contribution is 6.23. The number of benzene rings is 8. The van der Waals surface area contributed by atoms with E-state index in [9.17, 15) is 0 Å². The summed E-state index contributed by atoms with van der Waals surface area (Å²) in [5.74, 6) is 0. The van der Waals surface area contributed by atoms with E-state index in [1.54, 1.807) is 0 Å². The minimum atomic E-state index is 0.730. The van der Waals surface area contributed by atoms with E-state index >= 15 is 0 Å². The molecule has 0 saturated heterocycles. The number of hydrogen-bond donors (Lipinski definition) is 0. The highest BCUT2D eigenvalue weighted by atomic mass is 15.1. The number of aromatic nitrogens is 2. The zero-order valence-corrected chi connectivity index (χ0v) is 32.0. The van der Waals surface area contributed by atoms with Crippen LogP contribution in [-0.2, 0) is 6.54 Å². The second-order valence-corrected chi connectivity index (χ2v) is 15.0. The summed E-state index contributed by atoms with van der Waals surface area (Å²) in [6.07, 6.45) is 8.47. The Hall–Kier alpha value is -7.62. The van der Waals surface area contributed by atoms with E-state index in [2.05, 4.69) is 227 Å². The van der Waals surface area contributed by atoms with Crippen LogP contribution in [0, 0.1) is 0 Å². The predicted octanol–water partition coefficient (Wildman–Crippen LogP) is 14.7. The van der Waals surface area contributed by atoms with Gasteiger partial charge in [-0.25, -0.2) is 0 Å². The Balaban J connectivity index is 0.981. The van der Waals surface area contributed by atoms with Gasteiger partial charge in [0.05, 0.1) is 16.6 Å². The fourth-order valence-corrected chi connectivity index (χ4v) is 9.10. The lowest BCUT2D eigenvalue weighted by atomic mass is 10.0. The van der Waals surface area contributed by atoms with Crippen LogP contribution in [0.2, 0.25) is 0 Å². The van der Waals surface area contributed by atoms with E-state index in [1.165, 1.54) is 82.2 Å². The Kier molecular flexibility index (Phi) is 8.04. The Bertz CT molecular complexity index is 3310. The second kappa shape index (κ2) is 13.8. The van der Waals surface area contributed by atoms with Crippen LogP contribution in [-0.4, -0.2) is 8.97 Å². The number of anilines is 2. The van der Waals surface area contributed by atoms with Gasteiger partial charge in [-0.15, -0.1) is 0 Å². The molecule has 0 aliphatic rings. The lowest BCUT2D eigenvalue weighted by molar-refractivity contribution is 0.897. The van der Waals surface area contributed by atoms with Gasteiger partial charge in [-0.3, -0.25) is 0 Å². The van der Waals surface area contributed by atoms with Gasteiger partial charge in [-0.2, -0.15) is 0 Å². The molecule has 274 valence electrons. The quantitative estimate of drug-likeness (QED) is 0.134. The third-order valence-electron chi connectivity index (χ3n) is 11.7. The molecule has 0 amide bonds. The average Bonchev–Trinajstić information content (AvgIpc) is 3.92. The maximum absolute atomic E-state index is 4.14. The Labute approximate surface area is 337 Å². The molecule has 0 aliphatic heterocycles. The summed E-state index contributed by atoms with van der Waals surface area (Å²) in [6, 6.07) is 68.1. The highest BCUT2D eigenvalue weighted by Crippen LogP contribution is 2.41. The normalized spacial score (nSPS) is 12.3. The van der Waals surface area contributed by atoms with Crippen LogP contribution in [0.4, 0.5) is 11.4 Å². The number of allylic oxidation sites excluding steroid dienone is 4. The summed E-state index contributed by atoms with van der Waals surface area (Å²) < 4.78 is 4.84. The van der Waals surface area contributed by atoms with E-state index < -0.39 is 0 Å². The summed E-state index contributed by atoms with van der Waals surface area (Å²) in [7, 11) is 0. The molecular weight excluding hydrogens is 703 g/mol. The minimum Gasteiger partial charge on any atom is -0.337 e. The van der Waals surface area contributed by atoms with Crippen LogP contribution in [0.1, 0.15) is 0 Å². The van der Waals surface area contributed by atoms with E-state index in [0.717, 1.165) is 23.6 Å². The highest BCUT2D eigenvalue weighted by Gasteiger charge is 2.18. The average molecular weight is 742 g/mol. The number of para-hydroxylation sites is 4. The molecule has 11 aromatic rings. The number of rotatable bonds is 9. The van der Waals surface area contributed by atoms with Gasteiger partial charge in [0.15, 0.2) is 0 Å². The van der Waals surface area contributed by atoms with Crippen molar-refractivity contribution in [3.05, 3.63) is 225 Å². The van der Waals surface area contributed by atoms with Crippen LogP contribution < -0.4 is 4.90 Å². The van der Waals surface area contributed by atoms with Crippen molar-refractivity contribution in [2.75, 3.05) is 4.90 Å². The lowest BCUT2D eigenvalue weighted by Gasteiger charge is -2.27. The maximum atomic E-state index is 4.14. The molecule has 0 unspecified atom stereocenters. The molecule has 0 atom stereocenters. The number of fused-ring (bicyclic) bond motifs is 9. The Morgan fingerprint density at radius 3 is 1.57 bits per heavy atom. The number of hydrogen-bond acceptors (Lipinski definition) is 1. The molecule has 3 aromatic heterocycles. The van der Waals surface area contributed by atoms with Crippen LogP contribution in [0.5, 0.6) is 0 Å². The fourth-order valence-electron chi connectivity index (χ4n) is 9.10. The molecule has 0 bridgehead atoms. The summed E-state index contributed by atoms with van der Waals surface area (Å²) in [4.78, 5) is 2.32. The molecular formula is C55H39N3. The van der Waals surface area contributed by atoms with E-state index in [0.29, 0.717) is 0 Å². The van der Waals surface area contributed by atoms with E-state index in [1.807, 2.05) is 6.08 Å². The monoisotopic (exact) mass is 741 g/mol. The van der Waals surface area contributed by atoms with E-state index in [-0.39, 0.29) is 0 Å². The van der Waals surface area contributed by atoms with Crippen molar-refractivity contribution in [2.24, 2.45) is 0 Å². The summed E-state index contributed by atoms with van der Waals surface area (Å²) >= 11 is 0. The van der Waals surface area contributed by atoms with Gasteiger partial charge in [-0.05, 0) is 89.0 Å². The van der Waals surface area contributed by atoms with Gasteiger partial charge < -0.3 is 13.9 Å². The van der Waals surface area contributed by atoms with Crippen LogP contribution in [0.3, 0.4) is 0 Å². The van der Waals surface area contributed by atoms with Crippen LogP contribution >= 0.6 is 0 Å². The first-order valence-corrected chi connectivity index (χ1v) is 19.9. The topological polar surface area (TPSA) is 12.6 Å². The lowest BCUT2D eigenvalue weighted by Crippen LogP contribution is -2.15. The van der Waals surface area contributed by atoms with E-state index in [4.69, 9.17) is 0 Å². The zero-order chi connectivity index (χ0) is 38.6. The van der Waals surface area contributed by atoms with Crippen molar-refractivity contribution in [1.82, 2.24) is 8.97 Å². The smallest absolute Gasteiger partial charge is 0.0620 e. The third-order valence-corrected chi connectivity index (χ3v) is 11.7. The predicted molar refractivity (Wildman–Crippen MR) is 247 cm³/mol. The van der Waals surface area contributed by atoms with Gasteiger partial charge >= 0.3 is 0 Å². The van der Waals surface area contributed by atoms with Crippen molar-refractivity contribution in [3.8, 4) is 22.3 Å². The van der Waals surface area contributed by atoms with Gasteiger partial charge in [0, 0.05) is 67.0 Å². The Morgan fingerprint density at radius 1 is 0.448 bits per heavy atom. The Morgan fingerprint density at radius 2 is 0.931 bits per heavy atom. The first-order valence-electron chi connectivity index (χ1n) is 19.9. The summed E-state index contributed by atoms with van der Waals surface area (Å²) in [6.45, 7) is 4.87. The van der Waals surface area contributed by atoms with Gasteiger partial charge in [0.1, 0.15) is 0 Å². The van der Waals surface area contributed by atoms with Crippen molar-refractivity contribution < 1.29 is 0 Å². The molecule has 0 saturated carbocycles.